The maximum atomic E-state index is 12.6. The number of hydrazone groups is 1. The average molecular weight is 309 g/mol. The van der Waals surface area contributed by atoms with Crippen LogP contribution in [-0.2, 0) is 4.79 Å². The number of aromatic hydroxyl groups is 1. The summed E-state index contributed by atoms with van der Waals surface area (Å²) in [5.41, 5.74) is 1.82. The van der Waals surface area contributed by atoms with Gasteiger partial charge in [-0.3, -0.25) is 4.79 Å². The second-order valence-corrected chi connectivity index (χ2v) is 4.98. The third kappa shape index (κ3) is 2.78. The first-order chi connectivity index (χ1) is 11.1. The number of aromatic nitrogens is 1. The molecular formula is C17H15N3O3. The molecule has 0 radical (unpaired) electrons. The number of anilines is 1. The van der Waals surface area contributed by atoms with Crippen molar-refractivity contribution in [2.45, 2.75) is 6.92 Å². The fraction of sp³-hybridized carbons (Fsp3) is 0.118. The Morgan fingerprint density at radius 2 is 2.09 bits per heavy atom. The molecule has 0 spiro atoms. The van der Waals surface area contributed by atoms with E-state index in [9.17, 15) is 9.90 Å². The molecule has 1 N–H and O–H groups in total. The lowest BCUT2D eigenvalue weighted by molar-refractivity contribution is -0.114. The number of rotatable bonds is 3. The molecule has 6 heteroatoms. The van der Waals surface area contributed by atoms with Crippen molar-refractivity contribution in [3.63, 3.8) is 0 Å². The van der Waals surface area contributed by atoms with Gasteiger partial charge in [0.05, 0.1) is 18.4 Å². The van der Waals surface area contributed by atoms with Gasteiger partial charge in [0.2, 0.25) is 0 Å². The minimum absolute atomic E-state index is 0.0490. The zero-order valence-electron chi connectivity index (χ0n) is 12.7. The molecular weight excluding hydrogens is 294 g/mol. The van der Waals surface area contributed by atoms with Gasteiger partial charge in [-0.1, -0.05) is 12.1 Å². The van der Waals surface area contributed by atoms with Gasteiger partial charge < -0.3 is 9.84 Å². The zero-order valence-corrected chi connectivity index (χ0v) is 12.7. The van der Waals surface area contributed by atoms with Crippen molar-refractivity contribution in [1.29, 1.82) is 0 Å². The summed E-state index contributed by atoms with van der Waals surface area (Å²) in [6.45, 7) is 1.77. The number of hydrogen-bond donors (Lipinski definition) is 1. The van der Waals surface area contributed by atoms with Crippen LogP contribution in [0.2, 0.25) is 0 Å². The molecule has 0 fully saturated rings. The Kier molecular flexibility index (Phi) is 3.80. The number of methoxy groups -OCH3 is 1. The van der Waals surface area contributed by atoms with E-state index in [1.54, 1.807) is 49.5 Å². The quantitative estimate of drug-likeness (QED) is 0.884. The molecule has 0 saturated carbocycles. The molecule has 2 aromatic rings. The van der Waals surface area contributed by atoms with Gasteiger partial charge in [-0.15, -0.1) is 0 Å². The lowest BCUT2D eigenvalue weighted by Gasteiger charge is -2.09. The highest BCUT2D eigenvalue weighted by Gasteiger charge is 2.29. The molecule has 1 aromatic carbocycles. The first-order valence-corrected chi connectivity index (χ1v) is 7.00. The van der Waals surface area contributed by atoms with E-state index in [2.05, 4.69) is 10.1 Å². The summed E-state index contributed by atoms with van der Waals surface area (Å²) in [6, 6.07) is 10.2. The normalized spacial score (nSPS) is 15.9. The molecule has 3 rings (SSSR count). The van der Waals surface area contributed by atoms with Crippen LogP contribution < -0.4 is 9.75 Å². The van der Waals surface area contributed by atoms with Crippen molar-refractivity contribution < 1.29 is 14.6 Å². The SMILES string of the molecule is COc1cc(/C=C2\C(=O)N(c3ccccn3)N=C2C)ccc1O. The van der Waals surface area contributed by atoms with Crippen LogP contribution in [0.5, 0.6) is 11.5 Å². The standard InChI is InChI=1S/C17H15N3O3/c1-11-13(9-12-6-7-14(21)15(10-12)23-2)17(22)20(19-11)16-5-3-4-8-18-16/h3-10,21H,1-2H3/b13-9-. The molecule has 0 unspecified atom stereocenters. The van der Waals surface area contributed by atoms with Crippen molar-refractivity contribution in [3.05, 3.63) is 53.7 Å². The highest BCUT2D eigenvalue weighted by molar-refractivity contribution is 6.31. The van der Waals surface area contributed by atoms with Crippen LogP contribution >= 0.6 is 0 Å². The van der Waals surface area contributed by atoms with Crippen molar-refractivity contribution in [3.8, 4) is 11.5 Å². The maximum Gasteiger partial charge on any atom is 0.282 e. The number of phenols is 1. The van der Waals surface area contributed by atoms with Crippen LogP contribution in [0.25, 0.3) is 6.08 Å². The third-order valence-corrected chi connectivity index (χ3v) is 3.44. The number of carbonyl (C=O) groups excluding carboxylic acids is 1. The van der Waals surface area contributed by atoms with Gasteiger partial charge in [-0.05, 0) is 42.8 Å². The van der Waals surface area contributed by atoms with Crippen LogP contribution in [-0.4, -0.2) is 28.8 Å². The molecule has 0 bridgehead atoms. The zero-order chi connectivity index (χ0) is 16.4. The number of amides is 1. The van der Waals surface area contributed by atoms with E-state index in [0.29, 0.717) is 22.9 Å². The number of pyridine rings is 1. The molecule has 1 amide bonds. The molecule has 1 aliphatic rings. The lowest BCUT2D eigenvalue weighted by Crippen LogP contribution is -2.22. The Morgan fingerprint density at radius 3 is 2.78 bits per heavy atom. The number of ether oxygens (including phenoxy) is 1. The monoisotopic (exact) mass is 309 g/mol. The number of phenolic OH excluding ortho intramolecular Hbond substituents is 1. The summed E-state index contributed by atoms with van der Waals surface area (Å²) in [6.07, 6.45) is 3.33. The summed E-state index contributed by atoms with van der Waals surface area (Å²) in [5, 5.41) is 15.2. The summed E-state index contributed by atoms with van der Waals surface area (Å²) >= 11 is 0. The molecule has 2 heterocycles. The Morgan fingerprint density at radius 1 is 1.26 bits per heavy atom. The summed E-state index contributed by atoms with van der Waals surface area (Å²) < 4.78 is 5.08. The summed E-state index contributed by atoms with van der Waals surface area (Å²) in [5.74, 6) is 0.630. The number of hydrogen-bond acceptors (Lipinski definition) is 5. The molecule has 6 nitrogen and oxygen atoms in total. The van der Waals surface area contributed by atoms with Crippen LogP contribution in [0.3, 0.4) is 0 Å². The van der Waals surface area contributed by atoms with Crippen LogP contribution in [0.15, 0.2) is 53.3 Å². The highest BCUT2D eigenvalue weighted by Crippen LogP contribution is 2.29. The largest absolute Gasteiger partial charge is 0.504 e. The van der Waals surface area contributed by atoms with Crippen LogP contribution in [0.4, 0.5) is 5.82 Å². The third-order valence-electron chi connectivity index (χ3n) is 3.44. The first-order valence-electron chi connectivity index (χ1n) is 7.00. The summed E-state index contributed by atoms with van der Waals surface area (Å²) in [7, 11) is 1.47. The predicted octanol–water partition coefficient (Wildman–Crippen LogP) is 2.60. The summed E-state index contributed by atoms with van der Waals surface area (Å²) in [4.78, 5) is 16.7. The fourth-order valence-corrected chi connectivity index (χ4v) is 2.27. The van der Waals surface area contributed by atoms with Crippen molar-refractivity contribution in [1.82, 2.24) is 4.98 Å². The van der Waals surface area contributed by atoms with Gasteiger partial charge >= 0.3 is 0 Å². The van der Waals surface area contributed by atoms with E-state index in [-0.39, 0.29) is 11.7 Å². The van der Waals surface area contributed by atoms with E-state index in [1.165, 1.54) is 18.2 Å². The van der Waals surface area contributed by atoms with Gasteiger partial charge in [0.25, 0.3) is 5.91 Å². The van der Waals surface area contributed by atoms with Crippen molar-refractivity contribution in [2.75, 3.05) is 12.1 Å². The van der Waals surface area contributed by atoms with E-state index >= 15 is 0 Å². The number of carbonyl (C=O) groups is 1. The van der Waals surface area contributed by atoms with Gasteiger partial charge in [0.1, 0.15) is 0 Å². The Bertz CT molecular complexity index is 813. The van der Waals surface area contributed by atoms with E-state index in [1.807, 2.05) is 0 Å². The molecule has 0 aliphatic carbocycles. The van der Waals surface area contributed by atoms with Gasteiger partial charge in [0.15, 0.2) is 17.3 Å². The van der Waals surface area contributed by atoms with Gasteiger partial charge in [-0.2, -0.15) is 10.1 Å². The van der Waals surface area contributed by atoms with Crippen molar-refractivity contribution >= 4 is 23.5 Å². The van der Waals surface area contributed by atoms with Gasteiger partial charge in [0, 0.05) is 6.20 Å². The Labute approximate surface area is 133 Å². The molecule has 23 heavy (non-hydrogen) atoms. The molecule has 0 atom stereocenters. The van der Waals surface area contributed by atoms with Gasteiger partial charge in [-0.25, -0.2) is 4.98 Å². The molecule has 116 valence electrons. The Hall–Kier alpha value is -3.15. The molecule has 1 aliphatic heterocycles. The van der Waals surface area contributed by atoms with E-state index in [0.717, 1.165) is 5.56 Å². The topological polar surface area (TPSA) is 75.0 Å². The number of nitrogens with zero attached hydrogens (tertiary/aromatic N) is 3. The Balaban J connectivity index is 1.95. The smallest absolute Gasteiger partial charge is 0.282 e. The molecule has 1 aromatic heterocycles. The van der Waals surface area contributed by atoms with E-state index < -0.39 is 0 Å². The number of benzene rings is 1. The van der Waals surface area contributed by atoms with Crippen LogP contribution in [0, 0.1) is 0 Å². The predicted molar refractivity (Wildman–Crippen MR) is 87.5 cm³/mol. The second kappa shape index (κ2) is 5.92. The minimum Gasteiger partial charge on any atom is -0.504 e. The minimum atomic E-state index is -0.242. The van der Waals surface area contributed by atoms with Crippen molar-refractivity contribution in [2.24, 2.45) is 5.10 Å². The highest BCUT2D eigenvalue weighted by atomic mass is 16.5. The first kappa shape index (κ1) is 14.8. The maximum absolute atomic E-state index is 12.6. The van der Waals surface area contributed by atoms with Crippen LogP contribution in [0.1, 0.15) is 12.5 Å². The second-order valence-electron chi connectivity index (χ2n) is 4.98. The fourth-order valence-electron chi connectivity index (χ4n) is 2.27. The lowest BCUT2D eigenvalue weighted by atomic mass is 10.1. The molecule has 0 saturated heterocycles. The average Bonchev–Trinajstić information content (AvgIpc) is 2.85. The van der Waals surface area contributed by atoms with E-state index in [4.69, 9.17) is 4.74 Å².